The van der Waals surface area contributed by atoms with Crippen LogP contribution in [0.5, 0.6) is 5.75 Å². The lowest BCUT2D eigenvalue weighted by atomic mass is 10.2. The molecule has 1 atom stereocenters. The van der Waals surface area contributed by atoms with Crippen LogP contribution in [0.1, 0.15) is 37.7 Å². The molecule has 0 saturated carbocycles. The molecule has 0 saturated heterocycles. The number of benzene rings is 1. The van der Waals surface area contributed by atoms with E-state index in [1.54, 1.807) is 10.9 Å². The van der Waals surface area contributed by atoms with E-state index in [2.05, 4.69) is 24.3 Å². The van der Waals surface area contributed by atoms with Gasteiger partial charge in [0.25, 0.3) is 5.91 Å². The van der Waals surface area contributed by atoms with E-state index < -0.39 is 0 Å². The van der Waals surface area contributed by atoms with Crippen LogP contribution in [-0.4, -0.2) is 34.9 Å². The van der Waals surface area contributed by atoms with Crippen LogP contribution >= 0.6 is 12.4 Å². The summed E-state index contributed by atoms with van der Waals surface area (Å²) in [5.41, 5.74) is 6.88. The van der Waals surface area contributed by atoms with Crippen LogP contribution in [0.2, 0.25) is 0 Å². The first-order chi connectivity index (χ1) is 11.5. The third kappa shape index (κ3) is 6.40. The molecule has 0 radical (unpaired) electrons. The molecule has 1 unspecified atom stereocenters. The Balaban J connectivity index is 0.00000312. The summed E-state index contributed by atoms with van der Waals surface area (Å²) in [5, 5.41) is 7.25. The van der Waals surface area contributed by atoms with Crippen LogP contribution in [-0.2, 0) is 0 Å². The van der Waals surface area contributed by atoms with E-state index in [-0.39, 0.29) is 24.4 Å². The van der Waals surface area contributed by atoms with Crippen molar-refractivity contribution in [2.75, 3.05) is 13.2 Å². The number of nitrogens with zero attached hydrogens (tertiary/aromatic N) is 2. The van der Waals surface area contributed by atoms with Crippen molar-refractivity contribution in [3.05, 3.63) is 42.2 Å². The van der Waals surface area contributed by atoms with Gasteiger partial charge >= 0.3 is 0 Å². The predicted octanol–water partition coefficient (Wildman–Crippen LogP) is 2.80. The number of para-hydroxylation sites is 1. The monoisotopic (exact) mass is 366 g/mol. The highest BCUT2D eigenvalue weighted by molar-refractivity contribution is 5.94. The molecule has 1 heterocycles. The van der Waals surface area contributed by atoms with Crippen molar-refractivity contribution >= 4 is 18.3 Å². The van der Waals surface area contributed by atoms with Gasteiger partial charge in [0.05, 0.1) is 18.5 Å². The summed E-state index contributed by atoms with van der Waals surface area (Å²) in [4.78, 5) is 12.4. The van der Waals surface area contributed by atoms with E-state index in [0.717, 1.165) is 5.69 Å². The van der Waals surface area contributed by atoms with Crippen molar-refractivity contribution < 1.29 is 9.53 Å². The second kappa shape index (κ2) is 10.1. The van der Waals surface area contributed by atoms with Gasteiger partial charge in [-0.25, -0.2) is 4.68 Å². The number of amides is 1. The first-order valence-corrected chi connectivity index (χ1v) is 8.29. The predicted molar refractivity (Wildman–Crippen MR) is 102 cm³/mol. The van der Waals surface area contributed by atoms with E-state index in [4.69, 9.17) is 10.5 Å². The minimum absolute atomic E-state index is 0. The van der Waals surface area contributed by atoms with E-state index in [1.807, 2.05) is 37.3 Å². The maximum atomic E-state index is 12.4. The fourth-order valence-corrected chi connectivity index (χ4v) is 2.09. The van der Waals surface area contributed by atoms with E-state index in [1.165, 1.54) is 0 Å². The summed E-state index contributed by atoms with van der Waals surface area (Å²) in [7, 11) is 0. The van der Waals surface area contributed by atoms with Gasteiger partial charge in [0.1, 0.15) is 0 Å². The molecule has 3 N–H and O–H groups in total. The number of carbonyl (C=O) groups excluding carboxylic acids is 1. The fourth-order valence-electron chi connectivity index (χ4n) is 2.09. The zero-order valence-corrected chi connectivity index (χ0v) is 15.8. The van der Waals surface area contributed by atoms with Crippen molar-refractivity contribution in [3.63, 3.8) is 0 Å². The molecular weight excluding hydrogens is 340 g/mol. The lowest BCUT2D eigenvalue weighted by Gasteiger charge is -2.09. The maximum absolute atomic E-state index is 12.4. The van der Waals surface area contributed by atoms with Crippen LogP contribution in [0.4, 0.5) is 0 Å². The molecule has 1 aromatic heterocycles. The number of hydrogen-bond acceptors (Lipinski definition) is 4. The van der Waals surface area contributed by atoms with Gasteiger partial charge in [-0.3, -0.25) is 4.79 Å². The molecule has 0 aliphatic heterocycles. The van der Waals surface area contributed by atoms with Crippen molar-refractivity contribution in [2.24, 2.45) is 11.7 Å². The van der Waals surface area contributed by atoms with Gasteiger partial charge in [-0.05, 0) is 31.4 Å². The maximum Gasteiger partial charge on any atom is 0.275 e. The minimum Gasteiger partial charge on any atom is -0.489 e. The number of nitrogens with two attached hydrogens (primary N) is 1. The zero-order chi connectivity index (χ0) is 17.5. The third-order valence-electron chi connectivity index (χ3n) is 3.37. The molecule has 0 bridgehead atoms. The van der Waals surface area contributed by atoms with E-state index in [0.29, 0.717) is 36.9 Å². The highest BCUT2D eigenvalue weighted by Gasteiger charge is 2.19. The molecule has 0 fully saturated rings. The summed E-state index contributed by atoms with van der Waals surface area (Å²) in [6.07, 6.45) is 2.46. The van der Waals surface area contributed by atoms with Gasteiger partial charge in [-0.15, -0.1) is 12.4 Å². The van der Waals surface area contributed by atoms with Gasteiger partial charge in [0.15, 0.2) is 11.4 Å². The Morgan fingerprint density at radius 1 is 1.28 bits per heavy atom. The molecule has 1 aromatic carbocycles. The van der Waals surface area contributed by atoms with Gasteiger partial charge in [-0.2, -0.15) is 5.10 Å². The van der Waals surface area contributed by atoms with Crippen molar-refractivity contribution in [1.82, 2.24) is 15.1 Å². The number of halogens is 1. The van der Waals surface area contributed by atoms with Crippen LogP contribution in [0.25, 0.3) is 5.69 Å². The molecule has 0 aliphatic carbocycles. The molecule has 7 heteroatoms. The normalized spacial score (nSPS) is 11.7. The van der Waals surface area contributed by atoms with Crippen LogP contribution in [0.15, 0.2) is 36.5 Å². The summed E-state index contributed by atoms with van der Waals surface area (Å²) in [5.74, 6) is 0.606. The molecule has 0 spiro atoms. The molecule has 6 nitrogen and oxygen atoms in total. The van der Waals surface area contributed by atoms with Gasteiger partial charge < -0.3 is 15.8 Å². The average Bonchev–Trinajstić information content (AvgIpc) is 2.97. The van der Waals surface area contributed by atoms with Crippen LogP contribution in [0, 0.1) is 5.92 Å². The molecule has 0 aliphatic rings. The Bertz CT molecular complexity index is 656. The minimum atomic E-state index is -0.246. The fraction of sp³-hybridized carbons (Fsp3) is 0.444. The highest BCUT2D eigenvalue weighted by atomic mass is 35.5. The standard InChI is InChI=1S/C18H26N4O2.ClH/c1-13(2)12-24-16-11-22(15-7-5-4-6-8-15)21-17(16)18(23)20-10-9-14(3)19;/h4-8,11,13-14H,9-10,12,19H2,1-3H3,(H,20,23);1H. The Kier molecular flexibility index (Phi) is 8.45. The molecule has 138 valence electrons. The number of hydrogen-bond donors (Lipinski definition) is 2. The number of ether oxygens (including phenoxy) is 1. The highest BCUT2D eigenvalue weighted by Crippen LogP contribution is 2.20. The molecule has 2 aromatic rings. The lowest BCUT2D eigenvalue weighted by molar-refractivity contribution is 0.0942. The van der Waals surface area contributed by atoms with Crippen molar-refractivity contribution in [1.29, 1.82) is 0 Å². The van der Waals surface area contributed by atoms with Gasteiger partial charge in [-0.1, -0.05) is 32.0 Å². The van der Waals surface area contributed by atoms with E-state index in [9.17, 15) is 4.79 Å². The lowest BCUT2D eigenvalue weighted by Crippen LogP contribution is -2.29. The van der Waals surface area contributed by atoms with Gasteiger partial charge in [0, 0.05) is 12.6 Å². The SMILES string of the molecule is CC(C)COc1cn(-c2ccccc2)nc1C(=O)NCCC(C)N.Cl. The summed E-state index contributed by atoms with van der Waals surface area (Å²) in [6.45, 7) is 7.07. The smallest absolute Gasteiger partial charge is 0.275 e. The second-order valence-corrected chi connectivity index (χ2v) is 6.35. The third-order valence-corrected chi connectivity index (χ3v) is 3.37. The van der Waals surface area contributed by atoms with Crippen LogP contribution < -0.4 is 15.8 Å². The molecule has 1 amide bonds. The number of rotatable bonds is 8. The Hall–Kier alpha value is -2.05. The molecule has 25 heavy (non-hydrogen) atoms. The number of aromatic nitrogens is 2. The molecular formula is C18H27ClN4O2. The second-order valence-electron chi connectivity index (χ2n) is 6.35. The van der Waals surface area contributed by atoms with Crippen molar-refractivity contribution in [3.8, 4) is 11.4 Å². The molecule has 2 rings (SSSR count). The first kappa shape index (κ1) is 21.0. The zero-order valence-electron chi connectivity index (χ0n) is 14.9. The number of carbonyl (C=O) groups is 1. The largest absolute Gasteiger partial charge is 0.489 e. The number of nitrogens with one attached hydrogen (secondary N) is 1. The van der Waals surface area contributed by atoms with Gasteiger partial charge in [0.2, 0.25) is 0 Å². The van der Waals surface area contributed by atoms with E-state index >= 15 is 0 Å². The topological polar surface area (TPSA) is 82.2 Å². The van der Waals surface area contributed by atoms with Crippen molar-refractivity contribution in [2.45, 2.75) is 33.2 Å². The summed E-state index contributed by atoms with van der Waals surface area (Å²) < 4.78 is 7.44. The Morgan fingerprint density at radius 2 is 1.96 bits per heavy atom. The van der Waals surface area contributed by atoms with Crippen LogP contribution in [0.3, 0.4) is 0 Å². The first-order valence-electron chi connectivity index (χ1n) is 8.29. The Labute approximate surface area is 155 Å². The quantitative estimate of drug-likeness (QED) is 0.752. The summed E-state index contributed by atoms with van der Waals surface area (Å²) in [6, 6.07) is 9.68. The summed E-state index contributed by atoms with van der Waals surface area (Å²) >= 11 is 0. The Morgan fingerprint density at radius 3 is 2.56 bits per heavy atom. The average molecular weight is 367 g/mol.